The average Bonchev–Trinajstić information content (AvgIpc) is 2.72. The van der Waals surface area contributed by atoms with Crippen molar-refractivity contribution in [3.05, 3.63) is 24.2 Å². The number of rotatable bonds is 3. The van der Waals surface area contributed by atoms with E-state index in [1.54, 1.807) is 6.26 Å². The molecule has 1 saturated carbocycles. The zero-order valence-corrected chi connectivity index (χ0v) is 7.70. The Hall–Kier alpha value is -0.800. The molecule has 0 spiro atoms. The molecule has 0 amide bonds. The topological polar surface area (TPSA) is 51.2 Å². The summed E-state index contributed by atoms with van der Waals surface area (Å²) in [6.45, 7) is 0.797. The minimum absolute atomic E-state index is 0.329. The summed E-state index contributed by atoms with van der Waals surface area (Å²) in [4.78, 5) is 0. The molecule has 72 valence electrons. The molecule has 0 radical (unpaired) electrons. The molecule has 13 heavy (non-hydrogen) atoms. The fraction of sp³-hybridized carbons (Fsp3) is 0.600. The molecule has 1 aliphatic carbocycles. The monoisotopic (exact) mass is 180 g/mol. The summed E-state index contributed by atoms with van der Waals surface area (Å²) in [5.41, 5.74) is 5.93. The average molecular weight is 180 g/mol. The van der Waals surface area contributed by atoms with Gasteiger partial charge in [-0.25, -0.2) is 0 Å². The Morgan fingerprint density at radius 2 is 2.46 bits per heavy atom. The number of nitrogens with one attached hydrogen (secondary N) is 1. The van der Waals surface area contributed by atoms with E-state index in [9.17, 15) is 0 Å². The highest BCUT2D eigenvalue weighted by molar-refractivity contribution is 4.98. The van der Waals surface area contributed by atoms with E-state index >= 15 is 0 Å². The summed E-state index contributed by atoms with van der Waals surface area (Å²) >= 11 is 0. The fourth-order valence-corrected chi connectivity index (χ4v) is 1.89. The minimum atomic E-state index is 0.329. The van der Waals surface area contributed by atoms with Gasteiger partial charge in [0.15, 0.2) is 0 Å². The van der Waals surface area contributed by atoms with E-state index in [1.165, 1.54) is 12.8 Å². The van der Waals surface area contributed by atoms with Crippen molar-refractivity contribution in [1.82, 2.24) is 5.32 Å². The Labute approximate surface area is 78.3 Å². The van der Waals surface area contributed by atoms with Crippen LogP contribution in [0.4, 0.5) is 0 Å². The Morgan fingerprint density at radius 3 is 3.08 bits per heavy atom. The first-order valence-electron chi connectivity index (χ1n) is 4.87. The van der Waals surface area contributed by atoms with Crippen molar-refractivity contribution >= 4 is 0 Å². The fourth-order valence-electron chi connectivity index (χ4n) is 1.89. The smallest absolute Gasteiger partial charge is 0.117 e. The third-order valence-electron chi connectivity index (χ3n) is 2.69. The molecule has 1 aromatic heterocycles. The predicted molar refractivity (Wildman–Crippen MR) is 51.2 cm³/mol. The van der Waals surface area contributed by atoms with E-state index in [-0.39, 0.29) is 0 Å². The van der Waals surface area contributed by atoms with Gasteiger partial charge in [0.05, 0.1) is 12.8 Å². The number of hydrogen-bond acceptors (Lipinski definition) is 3. The molecule has 1 aromatic rings. The lowest BCUT2D eigenvalue weighted by Gasteiger charge is -2.15. The van der Waals surface area contributed by atoms with Crippen LogP contribution in [-0.4, -0.2) is 12.1 Å². The third-order valence-corrected chi connectivity index (χ3v) is 2.69. The lowest BCUT2D eigenvalue weighted by Crippen LogP contribution is -2.40. The minimum Gasteiger partial charge on any atom is -0.468 e. The van der Waals surface area contributed by atoms with Crippen molar-refractivity contribution in [3.8, 4) is 0 Å². The maximum absolute atomic E-state index is 5.93. The van der Waals surface area contributed by atoms with Gasteiger partial charge in [0.2, 0.25) is 0 Å². The summed E-state index contributed by atoms with van der Waals surface area (Å²) in [7, 11) is 0. The lowest BCUT2D eigenvalue weighted by molar-refractivity contribution is 0.426. The first kappa shape index (κ1) is 8.78. The van der Waals surface area contributed by atoms with Gasteiger partial charge in [0, 0.05) is 12.1 Å². The van der Waals surface area contributed by atoms with Crippen LogP contribution in [-0.2, 0) is 6.54 Å². The van der Waals surface area contributed by atoms with Crippen molar-refractivity contribution < 1.29 is 4.42 Å². The highest BCUT2D eigenvalue weighted by Gasteiger charge is 2.22. The standard InChI is InChI=1S/C10H16N2O/c11-9-4-1-5-10(9)12-7-8-3-2-6-13-8/h2-3,6,9-10,12H,1,4-5,7,11H2/t9-,10-/m0/s1. The summed E-state index contributed by atoms with van der Waals surface area (Å²) < 4.78 is 5.23. The van der Waals surface area contributed by atoms with Gasteiger partial charge in [-0.2, -0.15) is 0 Å². The number of nitrogens with two attached hydrogens (primary N) is 1. The van der Waals surface area contributed by atoms with Gasteiger partial charge in [-0.1, -0.05) is 6.42 Å². The first-order chi connectivity index (χ1) is 6.36. The molecule has 0 unspecified atom stereocenters. The second-order valence-corrected chi connectivity index (χ2v) is 3.66. The maximum atomic E-state index is 5.93. The molecule has 2 atom stereocenters. The highest BCUT2D eigenvalue weighted by atomic mass is 16.3. The molecule has 0 aliphatic heterocycles. The maximum Gasteiger partial charge on any atom is 0.117 e. The largest absolute Gasteiger partial charge is 0.468 e. The molecular formula is C10H16N2O. The van der Waals surface area contributed by atoms with E-state index in [0.29, 0.717) is 12.1 Å². The molecular weight excluding hydrogens is 164 g/mol. The second kappa shape index (κ2) is 3.94. The van der Waals surface area contributed by atoms with Crippen molar-refractivity contribution in [2.24, 2.45) is 5.73 Å². The summed E-state index contributed by atoms with van der Waals surface area (Å²) in [6, 6.07) is 4.69. The van der Waals surface area contributed by atoms with Crippen LogP contribution < -0.4 is 11.1 Å². The van der Waals surface area contributed by atoms with Crippen molar-refractivity contribution in [2.45, 2.75) is 37.9 Å². The van der Waals surface area contributed by atoms with Crippen LogP contribution in [0.25, 0.3) is 0 Å². The molecule has 0 bridgehead atoms. The quantitative estimate of drug-likeness (QED) is 0.736. The summed E-state index contributed by atoms with van der Waals surface area (Å²) in [5, 5.41) is 3.42. The van der Waals surface area contributed by atoms with Gasteiger partial charge < -0.3 is 15.5 Å². The van der Waals surface area contributed by atoms with Crippen molar-refractivity contribution in [1.29, 1.82) is 0 Å². The van der Waals surface area contributed by atoms with Gasteiger partial charge in [-0.15, -0.1) is 0 Å². The van der Waals surface area contributed by atoms with Crippen LogP contribution in [0.5, 0.6) is 0 Å². The Kier molecular flexibility index (Phi) is 2.66. The Balaban J connectivity index is 1.79. The number of hydrogen-bond donors (Lipinski definition) is 2. The van der Waals surface area contributed by atoms with E-state index in [1.807, 2.05) is 12.1 Å². The van der Waals surface area contributed by atoms with Crippen LogP contribution in [0.3, 0.4) is 0 Å². The molecule has 2 rings (SSSR count). The van der Waals surface area contributed by atoms with Crippen LogP contribution in [0.15, 0.2) is 22.8 Å². The van der Waals surface area contributed by atoms with Crippen LogP contribution >= 0.6 is 0 Å². The van der Waals surface area contributed by atoms with Crippen LogP contribution in [0, 0.1) is 0 Å². The van der Waals surface area contributed by atoms with Crippen molar-refractivity contribution in [2.75, 3.05) is 0 Å². The van der Waals surface area contributed by atoms with E-state index < -0.39 is 0 Å². The van der Waals surface area contributed by atoms with Gasteiger partial charge in [-0.3, -0.25) is 0 Å². The van der Waals surface area contributed by atoms with E-state index in [4.69, 9.17) is 10.2 Å². The summed E-state index contributed by atoms with van der Waals surface area (Å²) in [5.74, 6) is 0.985. The molecule has 1 fully saturated rings. The summed E-state index contributed by atoms with van der Waals surface area (Å²) in [6.07, 6.45) is 5.29. The lowest BCUT2D eigenvalue weighted by atomic mass is 10.2. The molecule has 3 N–H and O–H groups in total. The Morgan fingerprint density at radius 1 is 1.54 bits per heavy atom. The predicted octanol–water partition coefficient (Wildman–Crippen LogP) is 1.25. The third kappa shape index (κ3) is 2.11. The Bertz CT molecular complexity index is 245. The molecule has 3 heteroatoms. The number of furan rings is 1. The van der Waals surface area contributed by atoms with Gasteiger partial charge in [0.1, 0.15) is 5.76 Å². The van der Waals surface area contributed by atoms with Crippen molar-refractivity contribution in [3.63, 3.8) is 0 Å². The van der Waals surface area contributed by atoms with Gasteiger partial charge in [-0.05, 0) is 25.0 Å². The zero-order valence-electron chi connectivity index (χ0n) is 7.70. The first-order valence-corrected chi connectivity index (χ1v) is 4.87. The molecule has 1 heterocycles. The molecule has 1 aliphatic rings. The van der Waals surface area contributed by atoms with E-state index in [0.717, 1.165) is 18.7 Å². The van der Waals surface area contributed by atoms with Gasteiger partial charge >= 0.3 is 0 Å². The molecule has 0 saturated heterocycles. The molecule has 3 nitrogen and oxygen atoms in total. The highest BCUT2D eigenvalue weighted by Crippen LogP contribution is 2.17. The second-order valence-electron chi connectivity index (χ2n) is 3.66. The van der Waals surface area contributed by atoms with Crippen LogP contribution in [0.1, 0.15) is 25.0 Å². The van der Waals surface area contributed by atoms with Crippen LogP contribution in [0.2, 0.25) is 0 Å². The molecule has 0 aromatic carbocycles. The van der Waals surface area contributed by atoms with E-state index in [2.05, 4.69) is 5.32 Å². The van der Waals surface area contributed by atoms with Gasteiger partial charge in [0.25, 0.3) is 0 Å². The normalized spacial score (nSPS) is 28.1. The SMILES string of the molecule is N[C@H]1CCC[C@@H]1NCc1ccco1. The zero-order chi connectivity index (χ0) is 9.10.